The fourth-order valence-corrected chi connectivity index (χ4v) is 5.19. The molecule has 0 aliphatic carbocycles. The van der Waals surface area contributed by atoms with Gasteiger partial charge in [0.2, 0.25) is 5.88 Å². The van der Waals surface area contributed by atoms with Crippen LogP contribution in [0.1, 0.15) is 30.2 Å². The number of para-hydroxylation sites is 1. The van der Waals surface area contributed by atoms with Gasteiger partial charge in [0.25, 0.3) is 0 Å². The van der Waals surface area contributed by atoms with Crippen LogP contribution in [0.3, 0.4) is 0 Å². The van der Waals surface area contributed by atoms with Crippen LogP contribution in [0.5, 0.6) is 5.88 Å². The Balaban J connectivity index is 1.12. The molecule has 2 saturated heterocycles. The van der Waals surface area contributed by atoms with E-state index < -0.39 is 0 Å². The number of hydrogen-bond donors (Lipinski definition) is 1. The third kappa shape index (κ3) is 3.84. The van der Waals surface area contributed by atoms with Gasteiger partial charge in [0.1, 0.15) is 6.10 Å². The number of amides is 1. The summed E-state index contributed by atoms with van der Waals surface area (Å²) in [6.45, 7) is 3.32. The van der Waals surface area contributed by atoms with Crippen molar-refractivity contribution in [3.05, 3.63) is 66.0 Å². The number of ether oxygens (including phenoxy) is 2. The molecule has 1 amide bonds. The molecule has 0 radical (unpaired) electrons. The quantitative estimate of drug-likeness (QED) is 0.482. The van der Waals surface area contributed by atoms with Crippen molar-refractivity contribution in [2.24, 2.45) is 0 Å². The van der Waals surface area contributed by atoms with E-state index in [0.717, 1.165) is 49.1 Å². The Labute approximate surface area is 197 Å². The molecule has 0 spiro atoms. The number of H-pyrrole nitrogens is 1. The lowest BCUT2D eigenvalue weighted by Gasteiger charge is -2.35. The van der Waals surface area contributed by atoms with Gasteiger partial charge in [0, 0.05) is 54.7 Å². The van der Waals surface area contributed by atoms with E-state index in [-0.39, 0.29) is 18.2 Å². The highest BCUT2D eigenvalue weighted by atomic mass is 16.6. The van der Waals surface area contributed by atoms with E-state index in [1.807, 2.05) is 17.0 Å². The summed E-state index contributed by atoms with van der Waals surface area (Å²) in [6, 6.07) is 16.3. The summed E-state index contributed by atoms with van der Waals surface area (Å²) >= 11 is 0. The zero-order valence-corrected chi connectivity index (χ0v) is 19.1. The van der Waals surface area contributed by atoms with Crippen molar-refractivity contribution in [3.63, 3.8) is 0 Å². The largest absolute Gasteiger partial charge is 0.481 e. The Kier molecular flexibility index (Phi) is 5.30. The van der Waals surface area contributed by atoms with Crippen LogP contribution in [0, 0.1) is 0 Å². The van der Waals surface area contributed by atoms with Gasteiger partial charge in [-0.15, -0.1) is 0 Å². The lowest BCUT2D eigenvalue weighted by atomic mass is 10.0. The van der Waals surface area contributed by atoms with Crippen LogP contribution in [0.4, 0.5) is 4.79 Å². The molecule has 174 valence electrons. The van der Waals surface area contributed by atoms with Gasteiger partial charge in [-0.05, 0) is 42.5 Å². The predicted octanol–water partition coefficient (Wildman–Crippen LogP) is 4.28. The van der Waals surface area contributed by atoms with Gasteiger partial charge in [-0.1, -0.05) is 18.2 Å². The van der Waals surface area contributed by atoms with Gasteiger partial charge >= 0.3 is 6.09 Å². The Morgan fingerprint density at radius 3 is 2.82 bits per heavy atom. The molecule has 1 aromatic carbocycles. The fourth-order valence-electron chi connectivity index (χ4n) is 5.19. The minimum Gasteiger partial charge on any atom is -0.481 e. The first kappa shape index (κ1) is 20.9. The van der Waals surface area contributed by atoms with Crippen molar-refractivity contribution in [2.75, 3.05) is 26.7 Å². The third-order valence-corrected chi connectivity index (χ3v) is 6.96. The molecule has 2 fully saturated rings. The van der Waals surface area contributed by atoms with Crippen molar-refractivity contribution in [3.8, 4) is 5.88 Å². The van der Waals surface area contributed by atoms with Crippen LogP contribution in [0.15, 0.2) is 54.7 Å². The second-order valence-electron chi connectivity index (χ2n) is 9.04. The van der Waals surface area contributed by atoms with E-state index in [4.69, 9.17) is 9.47 Å². The molecule has 1 N–H and O–H groups in total. The first-order valence-electron chi connectivity index (χ1n) is 11.7. The topological polar surface area (TPSA) is 83.6 Å². The second kappa shape index (κ2) is 8.61. The smallest absolute Gasteiger partial charge is 0.410 e. The van der Waals surface area contributed by atoms with Gasteiger partial charge in [0.05, 0.1) is 24.7 Å². The van der Waals surface area contributed by atoms with E-state index >= 15 is 0 Å². The molecule has 8 heteroatoms. The maximum absolute atomic E-state index is 12.8. The van der Waals surface area contributed by atoms with E-state index in [1.54, 1.807) is 19.4 Å². The zero-order valence-electron chi connectivity index (χ0n) is 19.1. The van der Waals surface area contributed by atoms with Crippen LogP contribution in [0.2, 0.25) is 0 Å². The number of aromatic amines is 1. The standard InChI is InChI=1S/C26H27N5O3/c1-33-24-7-6-22-25(29-24)20(8-11-27-22)23-16-31(26(32)34-23)19-9-12-30(13-10-19)15-18-14-17-4-2-3-5-21(17)28-18/h2-8,11,14,19,23,28H,9-10,12-13,15-16H2,1H3. The molecular weight excluding hydrogens is 430 g/mol. The van der Waals surface area contributed by atoms with Crippen molar-refractivity contribution < 1.29 is 14.3 Å². The molecule has 0 bridgehead atoms. The van der Waals surface area contributed by atoms with Crippen LogP contribution >= 0.6 is 0 Å². The van der Waals surface area contributed by atoms with E-state index in [2.05, 4.69) is 50.2 Å². The number of fused-ring (bicyclic) bond motifs is 2. The van der Waals surface area contributed by atoms with Crippen molar-refractivity contribution in [2.45, 2.75) is 31.5 Å². The number of benzene rings is 1. The number of cyclic esters (lactones) is 1. The van der Waals surface area contributed by atoms with Gasteiger partial charge in [-0.2, -0.15) is 0 Å². The SMILES string of the molecule is COc1ccc2nccc(C3CN(C4CCN(Cc5cc6ccccc6[nH]5)CC4)C(=O)O3)c2n1. The Hall–Kier alpha value is -3.65. The summed E-state index contributed by atoms with van der Waals surface area (Å²) in [4.78, 5) is 29.6. The van der Waals surface area contributed by atoms with Crippen LogP contribution in [0.25, 0.3) is 21.9 Å². The number of likely N-dealkylation sites (tertiary alicyclic amines) is 1. The molecule has 34 heavy (non-hydrogen) atoms. The average Bonchev–Trinajstić information content (AvgIpc) is 3.46. The number of carbonyl (C=O) groups is 1. The van der Waals surface area contributed by atoms with E-state index in [0.29, 0.717) is 12.4 Å². The number of hydrogen-bond acceptors (Lipinski definition) is 6. The van der Waals surface area contributed by atoms with Gasteiger partial charge in [-0.3, -0.25) is 9.88 Å². The maximum atomic E-state index is 12.8. The molecule has 1 unspecified atom stereocenters. The fraction of sp³-hybridized carbons (Fsp3) is 0.346. The number of piperidine rings is 1. The van der Waals surface area contributed by atoms with E-state index in [1.165, 1.54) is 16.6 Å². The molecule has 5 heterocycles. The second-order valence-corrected chi connectivity index (χ2v) is 9.04. The predicted molar refractivity (Wildman–Crippen MR) is 129 cm³/mol. The molecule has 0 saturated carbocycles. The summed E-state index contributed by atoms with van der Waals surface area (Å²) in [7, 11) is 1.59. The van der Waals surface area contributed by atoms with Crippen LogP contribution < -0.4 is 4.74 Å². The monoisotopic (exact) mass is 457 g/mol. The molecule has 2 aliphatic heterocycles. The highest BCUT2D eigenvalue weighted by Gasteiger charge is 2.39. The number of nitrogens with zero attached hydrogens (tertiary/aromatic N) is 4. The summed E-state index contributed by atoms with van der Waals surface area (Å²) in [5, 5.41) is 1.24. The summed E-state index contributed by atoms with van der Waals surface area (Å²) in [5.41, 5.74) is 4.76. The molecule has 6 rings (SSSR count). The molecule has 4 aromatic rings. The maximum Gasteiger partial charge on any atom is 0.410 e. The minimum absolute atomic E-state index is 0.187. The lowest BCUT2D eigenvalue weighted by Crippen LogP contribution is -2.45. The van der Waals surface area contributed by atoms with Crippen molar-refractivity contribution in [1.29, 1.82) is 0 Å². The number of rotatable bonds is 5. The average molecular weight is 458 g/mol. The van der Waals surface area contributed by atoms with Crippen molar-refractivity contribution in [1.82, 2.24) is 24.8 Å². The summed E-state index contributed by atoms with van der Waals surface area (Å²) in [6.07, 6.45) is 3.01. The number of methoxy groups -OCH3 is 1. The Morgan fingerprint density at radius 2 is 2.00 bits per heavy atom. The van der Waals surface area contributed by atoms with Gasteiger partial charge < -0.3 is 19.4 Å². The number of pyridine rings is 2. The van der Waals surface area contributed by atoms with Gasteiger partial charge in [0.15, 0.2) is 0 Å². The molecule has 3 aromatic heterocycles. The highest BCUT2D eigenvalue weighted by Crippen LogP contribution is 2.33. The third-order valence-electron chi connectivity index (χ3n) is 6.96. The van der Waals surface area contributed by atoms with Crippen molar-refractivity contribution >= 4 is 28.0 Å². The Bertz CT molecular complexity index is 1310. The number of nitrogens with one attached hydrogen (secondary N) is 1. The highest BCUT2D eigenvalue weighted by molar-refractivity contribution is 5.81. The summed E-state index contributed by atoms with van der Waals surface area (Å²) in [5.74, 6) is 0.519. The normalized spacial score (nSPS) is 19.7. The lowest BCUT2D eigenvalue weighted by molar-refractivity contribution is 0.110. The zero-order chi connectivity index (χ0) is 23.1. The van der Waals surface area contributed by atoms with Crippen LogP contribution in [-0.4, -0.2) is 63.6 Å². The molecule has 2 aliphatic rings. The molecule has 1 atom stereocenters. The minimum atomic E-state index is -0.359. The first-order chi connectivity index (χ1) is 16.7. The first-order valence-corrected chi connectivity index (χ1v) is 11.7. The molecule has 8 nitrogen and oxygen atoms in total. The Morgan fingerprint density at radius 1 is 1.15 bits per heavy atom. The van der Waals surface area contributed by atoms with E-state index in [9.17, 15) is 4.79 Å². The number of carbonyl (C=O) groups excluding carboxylic acids is 1. The van der Waals surface area contributed by atoms with Crippen LogP contribution in [-0.2, 0) is 11.3 Å². The molecular formula is C26H27N5O3. The summed E-state index contributed by atoms with van der Waals surface area (Å²) < 4.78 is 11.1. The van der Waals surface area contributed by atoms with Gasteiger partial charge in [-0.25, -0.2) is 9.78 Å². The number of aromatic nitrogens is 3.